The maximum atomic E-state index is 5.85. The first-order valence-electron chi connectivity index (χ1n) is 5.20. The van der Waals surface area contributed by atoms with Gasteiger partial charge in [0.1, 0.15) is 0 Å². The second kappa shape index (κ2) is 7.79. The molecule has 0 atom stereocenters. The Morgan fingerprint density at radius 3 is 2.61 bits per heavy atom. The fourth-order valence-electron chi connectivity index (χ4n) is 1.25. The first kappa shape index (κ1) is 16.5. The zero-order valence-corrected chi connectivity index (χ0v) is 11.8. The lowest BCUT2D eigenvalue weighted by Crippen LogP contribution is -2.26. The van der Waals surface area contributed by atoms with Crippen LogP contribution in [0.25, 0.3) is 0 Å². The van der Waals surface area contributed by atoms with Crippen molar-refractivity contribution < 1.29 is 0 Å². The Hall–Kier alpha value is -1.46. The lowest BCUT2D eigenvalue weighted by Gasteiger charge is -2.08. The van der Waals surface area contributed by atoms with Gasteiger partial charge >= 0.3 is 0 Å². The monoisotopic (exact) mass is 289 g/mol. The number of nitrogens with one attached hydrogen (secondary N) is 1. The summed E-state index contributed by atoms with van der Waals surface area (Å²) in [5, 5.41) is 3.61. The van der Waals surface area contributed by atoms with E-state index >= 15 is 0 Å². The maximum Gasteiger partial charge on any atom is 0.218 e. The van der Waals surface area contributed by atoms with Crippen molar-refractivity contribution in [2.75, 3.05) is 11.9 Å². The molecule has 0 heterocycles. The summed E-state index contributed by atoms with van der Waals surface area (Å²) in [6, 6.07) is 5.43. The van der Waals surface area contributed by atoms with Gasteiger partial charge in [0.15, 0.2) is 0 Å². The van der Waals surface area contributed by atoms with E-state index < -0.39 is 0 Å². The zero-order chi connectivity index (χ0) is 12.8. The highest BCUT2D eigenvalue weighted by atomic mass is 35.5. The Morgan fingerprint density at radius 1 is 1.39 bits per heavy atom. The predicted molar refractivity (Wildman–Crippen MR) is 80.8 cm³/mol. The molecule has 1 aromatic carbocycles. The van der Waals surface area contributed by atoms with Crippen molar-refractivity contribution in [2.24, 2.45) is 21.5 Å². The summed E-state index contributed by atoms with van der Waals surface area (Å²) in [7, 11) is 0. The fraction of sp³-hybridized carbons (Fsp3) is 0.273. The highest BCUT2D eigenvalue weighted by Crippen LogP contribution is 2.19. The molecule has 0 fully saturated rings. The molecule has 5 nitrogen and oxygen atoms in total. The third-order valence-corrected chi connectivity index (χ3v) is 2.24. The molecule has 18 heavy (non-hydrogen) atoms. The van der Waals surface area contributed by atoms with Crippen LogP contribution in [0.5, 0.6) is 0 Å². The molecule has 0 saturated heterocycles. The quantitative estimate of drug-likeness (QED) is 0.576. The topological polar surface area (TPSA) is 88.8 Å². The van der Waals surface area contributed by atoms with Gasteiger partial charge in [0, 0.05) is 17.3 Å². The standard InChI is InChI=1S/C11H16ClN5.ClH/c1-3-15-10(13)17-11(14)16-9-5-4-8(12)6-7(9)2;/h4-6H,3H2,1-2H3,(H5,13,14,15,16,17);1H. The lowest BCUT2D eigenvalue weighted by molar-refractivity contribution is 1.11. The average molecular weight is 290 g/mol. The van der Waals surface area contributed by atoms with E-state index in [4.69, 9.17) is 23.1 Å². The van der Waals surface area contributed by atoms with Gasteiger partial charge in [-0.3, -0.25) is 4.99 Å². The summed E-state index contributed by atoms with van der Waals surface area (Å²) in [6.45, 7) is 4.36. The molecule has 0 aliphatic carbocycles. The van der Waals surface area contributed by atoms with Crippen LogP contribution in [0.15, 0.2) is 28.2 Å². The van der Waals surface area contributed by atoms with Crippen LogP contribution in [0.1, 0.15) is 12.5 Å². The molecule has 0 unspecified atom stereocenters. The molecule has 0 aromatic heterocycles. The number of benzene rings is 1. The van der Waals surface area contributed by atoms with Gasteiger partial charge in [-0.1, -0.05) is 11.6 Å². The summed E-state index contributed by atoms with van der Waals surface area (Å²) in [5.74, 6) is 0.356. The van der Waals surface area contributed by atoms with Crippen LogP contribution in [0, 0.1) is 6.92 Å². The number of aliphatic imine (C=N–C) groups is 2. The minimum Gasteiger partial charge on any atom is -0.369 e. The highest BCUT2D eigenvalue weighted by molar-refractivity contribution is 6.30. The largest absolute Gasteiger partial charge is 0.369 e. The third kappa shape index (κ3) is 5.25. The first-order valence-corrected chi connectivity index (χ1v) is 5.58. The van der Waals surface area contributed by atoms with Gasteiger partial charge < -0.3 is 16.8 Å². The molecule has 0 amide bonds. The number of guanidine groups is 2. The van der Waals surface area contributed by atoms with Crippen LogP contribution < -0.4 is 16.8 Å². The number of halogens is 2. The van der Waals surface area contributed by atoms with Crippen molar-refractivity contribution in [1.82, 2.24) is 0 Å². The second-order valence-electron chi connectivity index (χ2n) is 3.41. The Bertz CT molecular complexity index is 457. The Kier molecular flexibility index (Phi) is 7.16. The predicted octanol–water partition coefficient (Wildman–Crippen LogP) is 2.13. The third-order valence-electron chi connectivity index (χ3n) is 2.01. The van der Waals surface area contributed by atoms with Crippen LogP contribution in [-0.2, 0) is 0 Å². The molecule has 5 N–H and O–H groups in total. The number of hydrogen-bond donors (Lipinski definition) is 3. The SMILES string of the molecule is CCN=C(N)/N=C(\N)Nc1ccc(Cl)cc1C.Cl. The van der Waals surface area contributed by atoms with Crippen molar-refractivity contribution in [2.45, 2.75) is 13.8 Å². The van der Waals surface area contributed by atoms with Gasteiger partial charge in [-0.2, -0.15) is 4.99 Å². The van der Waals surface area contributed by atoms with Gasteiger partial charge in [0.25, 0.3) is 0 Å². The van der Waals surface area contributed by atoms with Gasteiger partial charge in [-0.15, -0.1) is 12.4 Å². The molecular formula is C11H17Cl2N5. The van der Waals surface area contributed by atoms with E-state index in [0.29, 0.717) is 11.6 Å². The molecule has 1 aromatic rings. The second-order valence-corrected chi connectivity index (χ2v) is 3.85. The summed E-state index contributed by atoms with van der Waals surface area (Å²) in [5.41, 5.74) is 13.0. The molecule has 0 aliphatic heterocycles. The Labute approximate surface area is 118 Å². The van der Waals surface area contributed by atoms with Gasteiger partial charge in [-0.25, -0.2) is 0 Å². The van der Waals surface area contributed by atoms with Crippen LogP contribution in [0.3, 0.4) is 0 Å². The summed E-state index contributed by atoms with van der Waals surface area (Å²) in [4.78, 5) is 7.81. The van der Waals surface area contributed by atoms with E-state index in [1.165, 1.54) is 0 Å². The number of rotatable bonds is 2. The van der Waals surface area contributed by atoms with E-state index in [0.717, 1.165) is 11.3 Å². The van der Waals surface area contributed by atoms with Crippen molar-refractivity contribution in [3.05, 3.63) is 28.8 Å². The van der Waals surface area contributed by atoms with Crippen LogP contribution in [0.4, 0.5) is 5.69 Å². The minimum absolute atomic E-state index is 0. The molecule has 7 heteroatoms. The van der Waals surface area contributed by atoms with E-state index in [2.05, 4.69) is 15.3 Å². The van der Waals surface area contributed by atoms with Gasteiger partial charge in [0.05, 0.1) is 0 Å². The van der Waals surface area contributed by atoms with Gasteiger partial charge in [0.2, 0.25) is 11.9 Å². The number of hydrogen-bond acceptors (Lipinski definition) is 1. The van der Waals surface area contributed by atoms with Crippen molar-refractivity contribution in [3.63, 3.8) is 0 Å². The lowest BCUT2D eigenvalue weighted by atomic mass is 10.2. The van der Waals surface area contributed by atoms with Crippen LogP contribution in [0.2, 0.25) is 5.02 Å². The zero-order valence-electron chi connectivity index (χ0n) is 10.3. The highest BCUT2D eigenvalue weighted by Gasteiger charge is 2.00. The minimum atomic E-state index is 0. The van der Waals surface area contributed by atoms with Crippen molar-refractivity contribution in [1.29, 1.82) is 0 Å². The summed E-state index contributed by atoms with van der Waals surface area (Å²) < 4.78 is 0. The fourth-order valence-corrected chi connectivity index (χ4v) is 1.48. The molecule has 100 valence electrons. The summed E-state index contributed by atoms with van der Waals surface area (Å²) in [6.07, 6.45) is 0. The Balaban J connectivity index is 0.00000289. The number of nitrogens with two attached hydrogens (primary N) is 2. The van der Waals surface area contributed by atoms with Crippen LogP contribution >= 0.6 is 24.0 Å². The van der Waals surface area contributed by atoms with Crippen molar-refractivity contribution in [3.8, 4) is 0 Å². The average Bonchev–Trinajstić information content (AvgIpc) is 2.22. The maximum absolute atomic E-state index is 5.85. The molecule has 0 aliphatic rings. The molecule has 0 saturated carbocycles. The first-order chi connectivity index (χ1) is 8.02. The molecule has 1 rings (SSSR count). The van der Waals surface area contributed by atoms with Crippen LogP contribution in [-0.4, -0.2) is 18.5 Å². The van der Waals surface area contributed by atoms with E-state index in [-0.39, 0.29) is 24.3 Å². The smallest absolute Gasteiger partial charge is 0.218 e. The van der Waals surface area contributed by atoms with Gasteiger partial charge in [-0.05, 0) is 37.6 Å². The molecule has 0 radical (unpaired) electrons. The molecule has 0 bridgehead atoms. The Morgan fingerprint density at radius 2 is 2.06 bits per heavy atom. The molecular weight excluding hydrogens is 273 g/mol. The van der Waals surface area contributed by atoms with E-state index in [1.807, 2.05) is 26.0 Å². The number of anilines is 1. The summed E-state index contributed by atoms with van der Waals surface area (Å²) >= 11 is 5.85. The van der Waals surface area contributed by atoms with Crippen molar-refractivity contribution >= 4 is 41.6 Å². The number of nitrogens with zero attached hydrogens (tertiary/aromatic N) is 2. The number of aryl methyl sites for hydroxylation is 1. The van der Waals surface area contributed by atoms with E-state index in [9.17, 15) is 0 Å². The normalized spacial score (nSPS) is 11.9. The van der Waals surface area contributed by atoms with E-state index in [1.54, 1.807) is 6.07 Å². The molecule has 0 spiro atoms.